The van der Waals surface area contributed by atoms with E-state index in [-0.39, 0.29) is 24.5 Å². The van der Waals surface area contributed by atoms with Crippen molar-refractivity contribution < 1.29 is 14.3 Å². The fourth-order valence-electron chi connectivity index (χ4n) is 1.46. The maximum Gasteiger partial charge on any atom is 0.324 e. The SMILES string of the molecule is COc1nc(OC)nc(N2CCNC(=O)C2)n1. The standard InChI is InChI=1S/C9H13N5O3/c1-16-8-11-7(12-9(13-8)17-2)14-4-3-10-6(15)5-14/h3-5H2,1-2H3,(H,10,15). The number of nitrogens with one attached hydrogen (secondary N) is 1. The van der Waals surface area contributed by atoms with Crippen LogP contribution in [0.15, 0.2) is 0 Å². The zero-order chi connectivity index (χ0) is 12.3. The first-order chi connectivity index (χ1) is 8.22. The third kappa shape index (κ3) is 2.52. The van der Waals surface area contributed by atoms with Crippen molar-refractivity contribution in [1.29, 1.82) is 0 Å². The summed E-state index contributed by atoms with van der Waals surface area (Å²) in [6.07, 6.45) is 0. The average molecular weight is 239 g/mol. The van der Waals surface area contributed by atoms with Gasteiger partial charge in [-0.25, -0.2) is 0 Å². The van der Waals surface area contributed by atoms with Gasteiger partial charge in [0.25, 0.3) is 0 Å². The maximum absolute atomic E-state index is 11.3. The van der Waals surface area contributed by atoms with Gasteiger partial charge in [0.1, 0.15) is 0 Å². The van der Waals surface area contributed by atoms with Crippen molar-refractivity contribution in [3.05, 3.63) is 0 Å². The van der Waals surface area contributed by atoms with Gasteiger partial charge in [-0.05, 0) is 0 Å². The topological polar surface area (TPSA) is 89.5 Å². The summed E-state index contributed by atoms with van der Waals surface area (Å²) >= 11 is 0. The third-order valence-corrected chi connectivity index (χ3v) is 2.27. The van der Waals surface area contributed by atoms with Gasteiger partial charge in [0.15, 0.2) is 0 Å². The highest BCUT2D eigenvalue weighted by molar-refractivity contribution is 5.81. The monoisotopic (exact) mass is 239 g/mol. The number of hydrogen-bond donors (Lipinski definition) is 1. The van der Waals surface area contributed by atoms with Crippen molar-refractivity contribution in [3.63, 3.8) is 0 Å². The first kappa shape index (κ1) is 11.4. The van der Waals surface area contributed by atoms with Gasteiger partial charge >= 0.3 is 12.0 Å². The van der Waals surface area contributed by atoms with Crippen molar-refractivity contribution in [2.75, 3.05) is 38.8 Å². The van der Waals surface area contributed by atoms with Gasteiger partial charge in [-0.3, -0.25) is 4.79 Å². The summed E-state index contributed by atoms with van der Waals surface area (Å²) in [7, 11) is 2.92. The molecule has 1 aromatic rings. The number of nitrogens with zero attached hydrogens (tertiary/aromatic N) is 4. The molecule has 2 heterocycles. The van der Waals surface area contributed by atoms with E-state index >= 15 is 0 Å². The minimum atomic E-state index is -0.0606. The fraction of sp³-hybridized carbons (Fsp3) is 0.556. The summed E-state index contributed by atoms with van der Waals surface area (Å²) in [6, 6.07) is 0.329. The minimum Gasteiger partial charge on any atom is -0.467 e. The predicted octanol–water partition coefficient (Wildman–Crippen LogP) is -1.17. The van der Waals surface area contributed by atoms with Crippen LogP contribution in [0.2, 0.25) is 0 Å². The quantitative estimate of drug-likeness (QED) is 0.710. The Hall–Kier alpha value is -2.12. The van der Waals surface area contributed by atoms with E-state index in [9.17, 15) is 4.79 Å². The number of carbonyl (C=O) groups is 1. The lowest BCUT2D eigenvalue weighted by atomic mass is 10.4. The average Bonchev–Trinajstić information content (AvgIpc) is 2.38. The van der Waals surface area contributed by atoms with Crippen LogP contribution in [0.5, 0.6) is 12.0 Å². The van der Waals surface area contributed by atoms with Gasteiger partial charge in [0.2, 0.25) is 11.9 Å². The summed E-state index contributed by atoms with van der Waals surface area (Å²) in [5.74, 6) is 0.318. The number of amides is 1. The summed E-state index contributed by atoms with van der Waals surface area (Å²) in [4.78, 5) is 25.1. The summed E-state index contributed by atoms with van der Waals surface area (Å²) in [5, 5.41) is 2.72. The van der Waals surface area contributed by atoms with Gasteiger partial charge in [-0.2, -0.15) is 9.97 Å². The molecule has 2 rings (SSSR count). The van der Waals surface area contributed by atoms with Gasteiger partial charge in [-0.15, -0.1) is 4.98 Å². The molecule has 0 aromatic carbocycles. The van der Waals surface area contributed by atoms with Crippen LogP contribution >= 0.6 is 0 Å². The van der Waals surface area contributed by atoms with Crippen molar-refractivity contribution in [3.8, 4) is 12.0 Å². The molecular weight excluding hydrogens is 226 g/mol. The molecule has 0 saturated carbocycles. The largest absolute Gasteiger partial charge is 0.467 e. The Morgan fingerprint density at radius 2 is 1.82 bits per heavy atom. The number of hydrogen-bond acceptors (Lipinski definition) is 7. The lowest BCUT2D eigenvalue weighted by Crippen LogP contribution is -2.48. The zero-order valence-corrected chi connectivity index (χ0v) is 9.63. The molecule has 1 amide bonds. The second-order valence-corrected chi connectivity index (χ2v) is 3.38. The van der Waals surface area contributed by atoms with E-state index in [1.165, 1.54) is 14.2 Å². The maximum atomic E-state index is 11.3. The van der Waals surface area contributed by atoms with Crippen LogP contribution in [-0.4, -0.2) is 54.7 Å². The normalized spacial score (nSPS) is 15.4. The van der Waals surface area contributed by atoms with E-state index in [1.54, 1.807) is 4.90 Å². The number of rotatable bonds is 3. The van der Waals surface area contributed by atoms with Crippen LogP contribution in [0, 0.1) is 0 Å². The van der Waals surface area contributed by atoms with Crippen LogP contribution in [0.25, 0.3) is 0 Å². The predicted molar refractivity (Wildman–Crippen MR) is 58.2 cm³/mol. The molecule has 8 heteroatoms. The zero-order valence-electron chi connectivity index (χ0n) is 9.63. The number of ether oxygens (including phenoxy) is 2. The Balaban J connectivity index is 2.26. The Morgan fingerprint density at radius 3 is 2.35 bits per heavy atom. The van der Waals surface area contributed by atoms with Crippen LogP contribution < -0.4 is 19.7 Å². The molecule has 1 saturated heterocycles. The highest BCUT2D eigenvalue weighted by atomic mass is 16.5. The van der Waals surface area contributed by atoms with E-state index in [1.807, 2.05) is 0 Å². The Bertz CT molecular complexity index is 403. The third-order valence-electron chi connectivity index (χ3n) is 2.27. The molecule has 0 radical (unpaired) electrons. The number of carbonyl (C=O) groups excluding carboxylic acids is 1. The molecule has 0 aliphatic carbocycles. The second kappa shape index (κ2) is 4.81. The summed E-state index contributed by atoms with van der Waals surface area (Å²) in [5.41, 5.74) is 0. The smallest absolute Gasteiger partial charge is 0.324 e. The van der Waals surface area contributed by atoms with Crippen molar-refractivity contribution in [2.24, 2.45) is 0 Å². The first-order valence-corrected chi connectivity index (χ1v) is 5.08. The molecule has 1 fully saturated rings. The summed E-state index contributed by atoms with van der Waals surface area (Å²) < 4.78 is 9.89. The molecule has 0 atom stereocenters. The molecule has 0 spiro atoms. The second-order valence-electron chi connectivity index (χ2n) is 3.38. The Morgan fingerprint density at radius 1 is 1.18 bits per heavy atom. The van der Waals surface area contributed by atoms with Crippen molar-refractivity contribution in [1.82, 2.24) is 20.3 Å². The van der Waals surface area contributed by atoms with Crippen molar-refractivity contribution in [2.45, 2.75) is 0 Å². The number of methoxy groups -OCH3 is 2. The van der Waals surface area contributed by atoms with Gasteiger partial charge < -0.3 is 19.7 Å². The molecule has 0 bridgehead atoms. The molecule has 92 valence electrons. The lowest BCUT2D eigenvalue weighted by Gasteiger charge is -2.26. The molecule has 1 aromatic heterocycles. The van der Waals surface area contributed by atoms with E-state index in [0.717, 1.165) is 0 Å². The fourth-order valence-corrected chi connectivity index (χ4v) is 1.46. The minimum absolute atomic E-state index is 0.0606. The Labute approximate surface area is 98.0 Å². The van der Waals surface area contributed by atoms with Crippen molar-refractivity contribution >= 4 is 11.9 Å². The molecule has 1 aliphatic heterocycles. The molecule has 1 aliphatic rings. The molecule has 1 N–H and O–H groups in total. The molecule has 8 nitrogen and oxygen atoms in total. The van der Waals surface area contributed by atoms with Crippen LogP contribution in [0.4, 0.5) is 5.95 Å². The molecule has 0 unspecified atom stereocenters. The van der Waals surface area contributed by atoms with E-state index in [2.05, 4.69) is 20.3 Å². The van der Waals surface area contributed by atoms with E-state index < -0.39 is 0 Å². The molecular formula is C9H13N5O3. The van der Waals surface area contributed by atoms with E-state index in [4.69, 9.17) is 9.47 Å². The van der Waals surface area contributed by atoms with Crippen LogP contribution in [-0.2, 0) is 4.79 Å². The highest BCUT2D eigenvalue weighted by Crippen LogP contribution is 2.16. The Kier molecular flexibility index (Phi) is 3.22. The number of aromatic nitrogens is 3. The first-order valence-electron chi connectivity index (χ1n) is 5.08. The van der Waals surface area contributed by atoms with E-state index in [0.29, 0.717) is 19.0 Å². The van der Waals surface area contributed by atoms with Gasteiger partial charge in [-0.1, -0.05) is 0 Å². The van der Waals surface area contributed by atoms with Gasteiger partial charge in [0.05, 0.1) is 20.8 Å². The number of piperazine rings is 1. The summed E-state index contributed by atoms with van der Waals surface area (Å²) in [6.45, 7) is 1.42. The highest BCUT2D eigenvalue weighted by Gasteiger charge is 2.20. The van der Waals surface area contributed by atoms with Crippen LogP contribution in [0.3, 0.4) is 0 Å². The lowest BCUT2D eigenvalue weighted by molar-refractivity contribution is -0.120. The number of anilines is 1. The van der Waals surface area contributed by atoms with Gasteiger partial charge in [0, 0.05) is 13.1 Å². The van der Waals surface area contributed by atoms with Crippen LogP contribution in [0.1, 0.15) is 0 Å². The molecule has 17 heavy (non-hydrogen) atoms.